The Morgan fingerprint density at radius 2 is 1.58 bits per heavy atom. The summed E-state index contributed by atoms with van der Waals surface area (Å²) < 4.78 is 5.44. The predicted octanol–water partition coefficient (Wildman–Crippen LogP) is 3.05. The van der Waals surface area contributed by atoms with Gasteiger partial charge in [-0.1, -0.05) is 12.1 Å². The van der Waals surface area contributed by atoms with Crippen LogP contribution in [0, 0.1) is 13.8 Å². The van der Waals surface area contributed by atoms with E-state index in [9.17, 15) is 5.11 Å². The van der Waals surface area contributed by atoms with Crippen molar-refractivity contribution >= 4 is 0 Å². The van der Waals surface area contributed by atoms with E-state index in [1.54, 1.807) is 12.1 Å². The topological polar surface area (TPSA) is 49.7 Å². The lowest BCUT2D eigenvalue weighted by molar-refractivity contribution is 0.201. The molecule has 0 bridgehead atoms. The zero-order valence-corrected chi connectivity index (χ0v) is 11.2. The summed E-state index contributed by atoms with van der Waals surface area (Å²) in [6, 6.07) is 11.1. The van der Waals surface area contributed by atoms with Crippen molar-refractivity contribution < 1.29 is 14.9 Å². The summed E-state index contributed by atoms with van der Waals surface area (Å²) in [6.45, 7) is 4.37. The Bertz CT molecular complexity index is 536. The van der Waals surface area contributed by atoms with E-state index in [-0.39, 0.29) is 12.4 Å². The molecule has 0 aliphatic carbocycles. The molecule has 0 saturated carbocycles. The molecule has 2 N–H and O–H groups in total. The summed E-state index contributed by atoms with van der Waals surface area (Å²) in [5, 5.41) is 18.1. The van der Waals surface area contributed by atoms with Crippen LogP contribution in [-0.2, 0) is 0 Å². The fourth-order valence-electron chi connectivity index (χ4n) is 2.25. The minimum atomic E-state index is 0.0117. The number of benzene rings is 2. The molecule has 19 heavy (non-hydrogen) atoms. The van der Waals surface area contributed by atoms with Gasteiger partial charge < -0.3 is 14.9 Å². The van der Waals surface area contributed by atoms with Crippen LogP contribution in [0.1, 0.15) is 11.1 Å². The number of hydrogen-bond acceptors (Lipinski definition) is 3. The van der Waals surface area contributed by atoms with E-state index < -0.39 is 0 Å². The number of phenolic OH excluding ortho intramolecular Hbond substituents is 1. The fourth-order valence-corrected chi connectivity index (χ4v) is 2.25. The molecule has 0 aromatic heterocycles. The molecule has 0 aliphatic heterocycles. The molecule has 3 nitrogen and oxygen atoms in total. The Labute approximate surface area is 113 Å². The van der Waals surface area contributed by atoms with Gasteiger partial charge in [-0.2, -0.15) is 0 Å². The second kappa shape index (κ2) is 5.76. The molecule has 0 unspecified atom stereocenters. The van der Waals surface area contributed by atoms with Crippen molar-refractivity contribution in [2.75, 3.05) is 13.2 Å². The zero-order valence-electron chi connectivity index (χ0n) is 11.2. The number of aromatic hydroxyl groups is 1. The van der Waals surface area contributed by atoms with Crippen LogP contribution in [0.2, 0.25) is 0 Å². The van der Waals surface area contributed by atoms with Crippen LogP contribution < -0.4 is 4.74 Å². The van der Waals surface area contributed by atoms with Crippen molar-refractivity contribution in [1.82, 2.24) is 0 Å². The van der Waals surface area contributed by atoms with Crippen LogP contribution in [0.3, 0.4) is 0 Å². The molecular formula is C16H18O3. The van der Waals surface area contributed by atoms with Gasteiger partial charge in [0.15, 0.2) is 0 Å². The molecule has 0 amide bonds. The van der Waals surface area contributed by atoms with E-state index in [2.05, 4.69) is 0 Å². The van der Waals surface area contributed by atoms with E-state index in [1.165, 1.54) is 0 Å². The number of aliphatic hydroxyl groups excluding tert-OH is 1. The van der Waals surface area contributed by atoms with Crippen molar-refractivity contribution in [2.24, 2.45) is 0 Å². The predicted molar refractivity (Wildman–Crippen MR) is 75.6 cm³/mol. The van der Waals surface area contributed by atoms with E-state index >= 15 is 0 Å². The van der Waals surface area contributed by atoms with Crippen LogP contribution >= 0.6 is 0 Å². The standard InChI is InChI=1S/C16H18O3/c1-11-9-15(19-8-7-17)10-12(2)16(11)13-3-5-14(18)6-4-13/h3-6,9-10,17-18H,7-8H2,1-2H3. The molecule has 0 aliphatic rings. The van der Waals surface area contributed by atoms with Gasteiger partial charge in [0.1, 0.15) is 18.1 Å². The zero-order chi connectivity index (χ0) is 13.8. The van der Waals surface area contributed by atoms with Crippen LogP contribution in [-0.4, -0.2) is 23.4 Å². The molecule has 2 aromatic carbocycles. The second-order valence-electron chi connectivity index (χ2n) is 4.55. The highest BCUT2D eigenvalue weighted by Crippen LogP contribution is 2.31. The second-order valence-corrected chi connectivity index (χ2v) is 4.55. The summed E-state index contributed by atoms with van der Waals surface area (Å²) in [7, 11) is 0. The number of hydrogen-bond donors (Lipinski definition) is 2. The highest BCUT2D eigenvalue weighted by atomic mass is 16.5. The van der Waals surface area contributed by atoms with Gasteiger partial charge >= 0.3 is 0 Å². The molecule has 0 saturated heterocycles. The number of aryl methyl sites for hydroxylation is 2. The molecule has 0 heterocycles. The van der Waals surface area contributed by atoms with Gasteiger partial charge in [-0.15, -0.1) is 0 Å². The van der Waals surface area contributed by atoms with Gasteiger partial charge in [0.2, 0.25) is 0 Å². The minimum Gasteiger partial charge on any atom is -0.508 e. The fraction of sp³-hybridized carbons (Fsp3) is 0.250. The highest BCUT2D eigenvalue weighted by Gasteiger charge is 2.08. The molecular weight excluding hydrogens is 240 g/mol. The van der Waals surface area contributed by atoms with E-state index in [0.717, 1.165) is 28.0 Å². The molecule has 0 radical (unpaired) electrons. The lowest BCUT2D eigenvalue weighted by Gasteiger charge is -2.13. The first-order chi connectivity index (χ1) is 9.11. The molecule has 0 fully saturated rings. The van der Waals surface area contributed by atoms with Crippen LogP contribution in [0.25, 0.3) is 11.1 Å². The number of phenols is 1. The normalized spacial score (nSPS) is 10.5. The van der Waals surface area contributed by atoms with E-state index in [1.807, 2.05) is 38.1 Å². The number of rotatable bonds is 4. The number of ether oxygens (including phenoxy) is 1. The van der Waals surface area contributed by atoms with Crippen molar-refractivity contribution in [1.29, 1.82) is 0 Å². The quantitative estimate of drug-likeness (QED) is 0.886. The first kappa shape index (κ1) is 13.4. The van der Waals surface area contributed by atoms with E-state index in [0.29, 0.717) is 6.61 Å². The maximum atomic E-state index is 9.34. The Morgan fingerprint density at radius 1 is 1.00 bits per heavy atom. The van der Waals surface area contributed by atoms with Gasteiger partial charge in [0.25, 0.3) is 0 Å². The van der Waals surface area contributed by atoms with Crippen molar-refractivity contribution in [3.63, 3.8) is 0 Å². The van der Waals surface area contributed by atoms with E-state index in [4.69, 9.17) is 9.84 Å². The minimum absolute atomic E-state index is 0.0117. The third-order valence-electron chi connectivity index (χ3n) is 3.02. The summed E-state index contributed by atoms with van der Waals surface area (Å²) in [6.07, 6.45) is 0. The highest BCUT2D eigenvalue weighted by molar-refractivity contribution is 5.72. The molecule has 0 spiro atoms. The van der Waals surface area contributed by atoms with Crippen LogP contribution in [0.5, 0.6) is 11.5 Å². The lowest BCUT2D eigenvalue weighted by Crippen LogP contribution is -2.02. The monoisotopic (exact) mass is 258 g/mol. The average molecular weight is 258 g/mol. The third kappa shape index (κ3) is 3.06. The van der Waals surface area contributed by atoms with Crippen molar-refractivity contribution in [3.8, 4) is 22.6 Å². The SMILES string of the molecule is Cc1cc(OCCO)cc(C)c1-c1ccc(O)cc1. The maximum Gasteiger partial charge on any atom is 0.119 e. The van der Waals surface area contributed by atoms with Crippen LogP contribution in [0.15, 0.2) is 36.4 Å². The molecule has 2 rings (SSSR count). The summed E-state index contributed by atoms with van der Waals surface area (Å²) >= 11 is 0. The van der Waals surface area contributed by atoms with Crippen molar-refractivity contribution in [2.45, 2.75) is 13.8 Å². The molecule has 3 heteroatoms. The third-order valence-corrected chi connectivity index (χ3v) is 3.02. The Morgan fingerprint density at radius 3 is 2.11 bits per heavy atom. The first-order valence-electron chi connectivity index (χ1n) is 6.26. The number of aliphatic hydroxyl groups is 1. The first-order valence-corrected chi connectivity index (χ1v) is 6.26. The largest absolute Gasteiger partial charge is 0.508 e. The average Bonchev–Trinajstić information content (AvgIpc) is 2.38. The summed E-state index contributed by atoms with van der Waals surface area (Å²) in [5.41, 5.74) is 4.44. The molecule has 2 aromatic rings. The van der Waals surface area contributed by atoms with Gasteiger partial charge in [0, 0.05) is 0 Å². The lowest BCUT2D eigenvalue weighted by atomic mass is 9.95. The van der Waals surface area contributed by atoms with Gasteiger partial charge in [-0.05, 0) is 60.4 Å². The molecule has 0 atom stereocenters. The Balaban J connectivity index is 2.38. The van der Waals surface area contributed by atoms with Gasteiger partial charge in [-0.3, -0.25) is 0 Å². The summed E-state index contributed by atoms with van der Waals surface area (Å²) in [4.78, 5) is 0. The smallest absolute Gasteiger partial charge is 0.119 e. The Hall–Kier alpha value is -2.00. The van der Waals surface area contributed by atoms with Crippen LogP contribution in [0.4, 0.5) is 0 Å². The van der Waals surface area contributed by atoms with Gasteiger partial charge in [0.05, 0.1) is 6.61 Å². The molecule has 100 valence electrons. The summed E-state index contributed by atoms with van der Waals surface area (Å²) in [5.74, 6) is 1.04. The maximum absolute atomic E-state index is 9.34. The van der Waals surface area contributed by atoms with Gasteiger partial charge in [-0.25, -0.2) is 0 Å². The Kier molecular flexibility index (Phi) is 4.07. The van der Waals surface area contributed by atoms with Crippen molar-refractivity contribution in [3.05, 3.63) is 47.5 Å².